The van der Waals surface area contributed by atoms with Gasteiger partial charge >= 0.3 is 0 Å². The van der Waals surface area contributed by atoms with Crippen LogP contribution in [0.1, 0.15) is 13.3 Å². The smallest absolute Gasteiger partial charge is 0.237 e. The van der Waals surface area contributed by atoms with Crippen molar-refractivity contribution in [3.05, 3.63) is 11.2 Å². The maximum atomic E-state index is 5.81. The Hall–Kier alpha value is -1.03. The third kappa shape index (κ3) is 2.73. The molecule has 0 unspecified atom stereocenters. The van der Waals surface area contributed by atoms with E-state index >= 15 is 0 Å². The molecule has 1 N–H and O–H groups in total. The predicted octanol–water partition coefficient (Wildman–Crippen LogP) is 1.96. The zero-order valence-corrected chi connectivity index (χ0v) is 8.43. The molecule has 0 fully saturated rings. The van der Waals surface area contributed by atoms with Gasteiger partial charge in [0.1, 0.15) is 5.02 Å². The number of nitrogens with one attached hydrogen (secondary N) is 1. The average Bonchev–Trinajstić information content (AvgIpc) is 2.17. The highest BCUT2D eigenvalue weighted by atomic mass is 35.5. The van der Waals surface area contributed by atoms with Crippen molar-refractivity contribution in [2.45, 2.75) is 13.3 Å². The van der Waals surface area contributed by atoms with Crippen molar-refractivity contribution in [2.24, 2.45) is 0 Å². The molecule has 5 heteroatoms. The van der Waals surface area contributed by atoms with Crippen molar-refractivity contribution < 1.29 is 4.74 Å². The van der Waals surface area contributed by atoms with Gasteiger partial charge < -0.3 is 10.1 Å². The summed E-state index contributed by atoms with van der Waals surface area (Å²) in [5, 5.41) is 3.25. The molecule has 0 bridgehead atoms. The van der Waals surface area contributed by atoms with Crippen molar-refractivity contribution in [3.63, 3.8) is 0 Å². The van der Waals surface area contributed by atoms with Crippen molar-refractivity contribution in [3.8, 4) is 5.88 Å². The minimum Gasteiger partial charge on any atom is -0.477 e. The first-order chi connectivity index (χ1) is 6.27. The van der Waals surface area contributed by atoms with E-state index in [2.05, 4.69) is 15.3 Å². The van der Waals surface area contributed by atoms with Crippen molar-refractivity contribution in [1.82, 2.24) is 9.97 Å². The van der Waals surface area contributed by atoms with Gasteiger partial charge in [-0.3, -0.25) is 0 Å². The van der Waals surface area contributed by atoms with Gasteiger partial charge in [-0.15, -0.1) is 0 Å². The van der Waals surface area contributed by atoms with Gasteiger partial charge in [-0.1, -0.05) is 18.5 Å². The lowest BCUT2D eigenvalue weighted by Gasteiger charge is -2.06. The molecule has 0 amide bonds. The molecule has 0 saturated carbocycles. The molecule has 0 spiro atoms. The first-order valence-corrected chi connectivity index (χ1v) is 4.48. The van der Waals surface area contributed by atoms with E-state index in [0.29, 0.717) is 23.5 Å². The Morgan fingerprint density at radius 2 is 2.38 bits per heavy atom. The largest absolute Gasteiger partial charge is 0.477 e. The number of halogens is 1. The SMILES string of the molecule is CCCOc1nc(NC)ncc1Cl. The van der Waals surface area contributed by atoms with E-state index in [9.17, 15) is 0 Å². The lowest BCUT2D eigenvalue weighted by molar-refractivity contribution is 0.305. The van der Waals surface area contributed by atoms with E-state index in [4.69, 9.17) is 16.3 Å². The van der Waals surface area contributed by atoms with Crippen molar-refractivity contribution in [1.29, 1.82) is 0 Å². The van der Waals surface area contributed by atoms with Crippen LogP contribution >= 0.6 is 11.6 Å². The van der Waals surface area contributed by atoms with Crippen LogP contribution in [0.3, 0.4) is 0 Å². The highest BCUT2D eigenvalue weighted by molar-refractivity contribution is 6.31. The molecule has 4 nitrogen and oxygen atoms in total. The Labute approximate surface area is 82.3 Å². The fourth-order valence-electron chi connectivity index (χ4n) is 0.772. The minimum atomic E-state index is 0.433. The van der Waals surface area contributed by atoms with Crippen LogP contribution in [0, 0.1) is 0 Å². The molecule has 1 aromatic rings. The summed E-state index contributed by atoms with van der Waals surface area (Å²) in [5.41, 5.74) is 0. The normalized spacial score (nSPS) is 9.77. The second-order valence-electron chi connectivity index (χ2n) is 2.45. The van der Waals surface area contributed by atoms with Gasteiger partial charge in [-0.05, 0) is 6.42 Å². The summed E-state index contributed by atoms with van der Waals surface area (Å²) in [7, 11) is 1.74. The summed E-state index contributed by atoms with van der Waals surface area (Å²) in [5.74, 6) is 0.943. The van der Waals surface area contributed by atoms with Gasteiger partial charge in [0.25, 0.3) is 0 Å². The Bertz CT molecular complexity index is 280. The van der Waals surface area contributed by atoms with Gasteiger partial charge in [0.15, 0.2) is 0 Å². The maximum Gasteiger partial charge on any atom is 0.237 e. The highest BCUT2D eigenvalue weighted by Crippen LogP contribution is 2.21. The number of nitrogens with zero attached hydrogens (tertiary/aromatic N) is 2. The van der Waals surface area contributed by atoms with E-state index in [-0.39, 0.29) is 0 Å². The van der Waals surface area contributed by atoms with Gasteiger partial charge in [0.2, 0.25) is 11.8 Å². The van der Waals surface area contributed by atoms with E-state index in [1.54, 1.807) is 7.05 Å². The number of anilines is 1. The molecule has 0 aliphatic heterocycles. The molecule has 0 aliphatic carbocycles. The molecule has 0 aromatic carbocycles. The van der Waals surface area contributed by atoms with Crippen LogP contribution in [0.5, 0.6) is 5.88 Å². The first kappa shape index (κ1) is 10.1. The third-order valence-corrected chi connectivity index (χ3v) is 1.64. The molecule has 1 heterocycles. The predicted molar refractivity (Wildman–Crippen MR) is 52.4 cm³/mol. The highest BCUT2D eigenvalue weighted by Gasteiger charge is 2.04. The topological polar surface area (TPSA) is 47.0 Å². The van der Waals surface area contributed by atoms with Crippen LogP contribution in [0.4, 0.5) is 5.95 Å². The summed E-state index contributed by atoms with van der Waals surface area (Å²) in [4.78, 5) is 7.98. The number of rotatable bonds is 4. The van der Waals surface area contributed by atoms with Crippen LogP contribution in [-0.2, 0) is 0 Å². The maximum absolute atomic E-state index is 5.81. The minimum absolute atomic E-state index is 0.433. The number of ether oxygens (including phenoxy) is 1. The quantitative estimate of drug-likeness (QED) is 0.809. The van der Waals surface area contributed by atoms with Crippen LogP contribution in [0.15, 0.2) is 6.20 Å². The fraction of sp³-hybridized carbons (Fsp3) is 0.500. The Balaban J connectivity index is 2.78. The third-order valence-electron chi connectivity index (χ3n) is 1.38. The molecular formula is C8H12ClN3O. The Morgan fingerprint density at radius 3 is 3.00 bits per heavy atom. The summed E-state index contributed by atoms with van der Waals surface area (Å²) in [6.45, 7) is 2.63. The van der Waals surface area contributed by atoms with Gasteiger partial charge in [0, 0.05) is 7.05 Å². The second-order valence-corrected chi connectivity index (χ2v) is 2.85. The lowest BCUT2D eigenvalue weighted by Crippen LogP contribution is -2.02. The van der Waals surface area contributed by atoms with Crippen molar-refractivity contribution >= 4 is 17.5 Å². The lowest BCUT2D eigenvalue weighted by atomic mass is 10.5. The van der Waals surface area contributed by atoms with E-state index in [1.165, 1.54) is 6.20 Å². The zero-order chi connectivity index (χ0) is 9.68. The molecule has 0 radical (unpaired) electrons. The van der Waals surface area contributed by atoms with Crippen LogP contribution in [0.25, 0.3) is 0 Å². The molecule has 1 aromatic heterocycles. The Morgan fingerprint density at radius 1 is 1.62 bits per heavy atom. The van der Waals surface area contributed by atoms with Gasteiger partial charge in [0.05, 0.1) is 12.8 Å². The molecule has 13 heavy (non-hydrogen) atoms. The fourth-order valence-corrected chi connectivity index (χ4v) is 0.918. The van der Waals surface area contributed by atoms with Crippen LogP contribution < -0.4 is 10.1 Å². The molecular weight excluding hydrogens is 190 g/mol. The molecule has 0 saturated heterocycles. The number of aromatic nitrogens is 2. The second kappa shape index (κ2) is 4.87. The summed E-state index contributed by atoms with van der Waals surface area (Å²) in [6.07, 6.45) is 2.45. The van der Waals surface area contributed by atoms with E-state index < -0.39 is 0 Å². The first-order valence-electron chi connectivity index (χ1n) is 4.11. The number of hydrogen-bond acceptors (Lipinski definition) is 4. The molecule has 0 atom stereocenters. The van der Waals surface area contributed by atoms with E-state index in [1.807, 2.05) is 6.92 Å². The summed E-state index contributed by atoms with van der Waals surface area (Å²) in [6, 6.07) is 0. The number of hydrogen-bond donors (Lipinski definition) is 1. The average molecular weight is 202 g/mol. The molecule has 72 valence electrons. The summed E-state index contributed by atoms with van der Waals surface area (Å²) >= 11 is 5.81. The van der Waals surface area contributed by atoms with Gasteiger partial charge in [-0.25, -0.2) is 4.98 Å². The standard InChI is InChI=1S/C8H12ClN3O/c1-3-4-13-7-6(9)5-11-8(10-2)12-7/h5H,3-4H2,1-2H3,(H,10,11,12). The van der Waals surface area contributed by atoms with E-state index in [0.717, 1.165) is 6.42 Å². The van der Waals surface area contributed by atoms with Crippen molar-refractivity contribution in [2.75, 3.05) is 19.0 Å². The van der Waals surface area contributed by atoms with Crippen LogP contribution in [0.2, 0.25) is 5.02 Å². The molecule has 1 rings (SSSR count). The van der Waals surface area contributed by atoms with Crippen LogP contribution in [-0.4, -0.2) is 23.6 Å². The van der Waals surface area contributed by atoms with Gasteiger partial charge in [-0.2, -0.15) is 4.98 Å². The monoisotopic (exact) mass is 201 g/mol. The zero-order valence-electron chi connectivity index (χ0n) is 7.67. The summed E-state index contributed by atoms with van der Waals surface area (Å²) < 4.78 is 5.31. The molecule has 0 aliphatic rings. The Kier molecular flexibility index (Phi) is 3.76.